The molecular weight excluding hydrogens is 374 g/mol. The molecule has 152 valence electrons. The Kier molecular flexibility index (Phi) is 6.91. The van der Waals surface area contributed by atoms with Gasteiger partial charge in [0.25, 0.3) is 5.56 Å². The van der Waals surface area contributed by atoms with E-state index in [1.807, 2.05) is 29.2 Å². The smallest absolute Gasteiger partial charge is 0.253 e. The normalized spacial score (nSPS) is 16.5. The molecule has 1 aliphatic heterocycles. The van der Waals surface area contributed by atoms with Crippen LogP contribution in [0.25, 0.3) is 10.9 Å². The Labute approximate surface area is 171 Å². The fourth-order valence-electron chi connectivity index (χ4n) is 3.33. The van der Waals surface area contributed by atoms with Crippen molar-refractivity contribution in [2.75, 3.05) is 26.8 Å². The number of fused-ring (bicyclic) bond motifs is 1. The maximum absolute atomic E-state index is 12.7. The second kappa shape index (κ2) is 9.39. The standard InChI is InChI=1S/C21H29N3O3S/c1-14(2)11-22-21(28)24(13-18-5-4-8-27-18)12-16-9-15-6-7-17(26-3)10-19(15)23-20(16)25/h6-7,9-10,14,18H,4-5,8,11-13H2,1-3H3,(H,22,28)(H,23,25). The highest BCUT2D eigenvalue weighted by atomic mass is 32.1. The van der Waals surface area contributed by atoms with Crippen LogP contribution in [0.2, 0.25) is 0 Å². The number of hydrogen-bond donors (Lipinski definition) is 2. The van der Waals surface area contributed by atoms with E-state index in [-0.39, 0.29) is 11.7 Å². The van der Waals surface area contributed by atoms with Crippen LogP contribution in [0.4, 0.5) is 0 Å². The average molecular weight is 404 g/mol. The largest absolute Gasteiger partial charge is 0.497 e. The number of H-pyrrole nitrogens is 1. The lowest BCUT2D eigenvalue weighted by Crippen LogP contribution is -2.44. The number of rotatable bonds is 7. The van der Waals surface area contributed by atoms with Crippen molar-refractivity contribution in [1.29, 1.82) is 0 Å². The third kappa shape index (κ3) is 5.23. The van der Waals surface area contributed by atoms with Gasteiger partial charge in [-0.3, -0.25) is 4.79 Å². The van der Waals surface area contributed by atoms with Gasteiger partial charge in [-0.2, -0.15) is 0 Å². The number of benzene rings is 1. The van der Waals surface area contributed by atoms with Gasteiger partial charge in [0, 0.05) is 31.3 Å². The fraction of sp³-hybridized carbons (Fsp3) is 0.524. The molecule has 2 aromatic rings. The van der Waals surface area contributed by atoms with E-state index in [1.54, 1.807) is 7.11 Å². The molecule has 0 saturated carbocycles. The van der Waals surface area contributed by atoms with Crippen LogP contribution >= 0.6 is 12.2 Å². The van der Waals surface area contributed by atoms with E-state index in [0.717, 1.165) is 42.6 Å². The summed E-state index contributed by atoms with van der Waals surface area (Å²) in [4.78, 5) is 17.7. The molecule has 0 spiro atoms. The molecule has 3 rings (SSSR count). The number of aromatic nitrogens is 1. The van der Waals surface area contributed by atoms with Gasteiger partial charge in [-0.15, -0.1) is 0 Å². The summed E-state index contributed by atoms with van der Waals surface area (Å²) < 4.78 is 11.0. The van der Waals surface area contributed by atoms with E-state index in [0.29, 0.717) is 29.7 Å². The van der Waals surface area contributed by atoms with Crippen LogP contribution in [-0.2, 0) is 11.3 Å². The van der Waals surface area contributed by atoms with Crippen molar-refractivity contribution in [1.82, 2.24) is 15.2 Å². The monoisotopic (exact) mass is 403 g/mol. The lowest BCUT2D eigenvalue weighted by atomic mass is 10.1. The Morgan fingerprint density at radius 3 is 2.93 bits per heavy atom. The third-order valence-electron chi connectivity index (χ3n) is 4.89. The number of hydrogen-bond acceptors (Lipinski definition) is 4. The van der Waals surface area contributed by atoms with Crippen molar-refractivity contribution >= 4 is 28.2 Å². The molecule has 1 saturated heterocycles. The minimum Gasteiger partial charge on any atom is -0.497 e. The first-order valence-corrected chi connectivity index (χ1v) is 10.2. The molecule has 7 heteroatoms. The molecule has 1 unspecified atom stereocenters. The van der Waals surface area contributed by atoms with Gasteiger partial charge in [0.2, 0.25) is 0 Å². The number of ether oxygens (including phenoxy) is 2. The van der Waals surface area contributed by atoms with Gasteiger partial charge in [-0.25, -0.2) is 0 Å². The molecule has 2 heterocycles. The number of nitrogens with one attached hydrogen (secondary N) is 2. The van der Waals surface area contributed by atoms with Crippen LogP contribution in [0.5, 0.6) is 5.75 Å². The quantitative estimate of drug-likeness (QED) is 0.693. The molecule has 1 aromatic carbocycles. The minimum absolute atomic E-state index is 0.107. The van der Waals surface area contributed by atoms with E-state index < -0.39 is 0 Å². The van der Waals surface area contributed by atoms with E-state index in [4.69, 9.17) is 21.7 Å². The van der Waals surface area contributed by atoms with Gasteiger partial charge in [0.1, 0.15) is 5.75 Å². The summed E-state index contributed by atoms with van der Waals surface area (Å²) in [5.74, 6) is 1.21. The van der Waals surface area contributed by atoms with Crippen LogP contribution in [0, 0.1) is 5.92 Å². The minimum atomic E-state index is -0.107. The second-order valence-electron chi connectivity index (χ2n) is 7.67. The molecular formula is C21H29N3O3S. The third-order valence-corrected chi connectivity index (χ3v) is 5.29. The summed E-state index contributed by atoms with van der Waals surface area (Å²) in [5, 5.41) is 4.95. The molecule has 1 fully saturated rings. The fourth-order valence-corrected chi connectivity index (χ4v) is 3.55. The number of thiocarbonyl (C=S) groups is 1. The van der Waals surface area contributed by atoms with Crippen molar-refractivity contribution < 1.29 is 9.47 Å². The van der Waals surface area contributed by atoms with Crippen LogP contribution in [0.1, 0.15) is 32.3 Å². The molecule has 0 aliphatic carbocycles. The Hall–Kier alpha value is -2.12. The molecule has 6 nitrogen and oxygen atoms in total. The van der Waals surface area contributed by atoms with Crippen molar-refractivity contribution in [2.24, 2.45) is 5.92 Å². The number of pyridine rings is 1. The summed E-state index contributed by atoms with van der Waals surface area (Å²) in [6.45, 7) is 7.01. The molecule has 0 amide bonds. The molecule has 2 N–H and O–H groups in total. The number of nitrogens with zero attached hydrogens (tertiary/aromatic N) is 1. The highest BCUT2D eigenvalue weighted by Gasteiger charge is 2.22. The summed E-state index contributed by atoms with van der Waals surface area (Å²) in [6, 6.07) is 7.61. The van der Waals surface area contributed by atoms with Gasteiger partial charge >= 0.3 is 0 Å². The second-order valence-corrected chi connectivity index (χ2v) is 8.06. The molecule has 1 atom stereocenters. The van der Waals surface area contributed by atoms with E-state index in [9.17, 15) is 4.79 Å². The van der Waals surface area contributed by atoms with Gasteiger partial charge in [-0.05, 0) is 54.6 Å². The average Bonchev–Trinajstić information content (AvgIpc) is 3.18. The molecule has 0 radical (unpaired) electrons. The molecule has 1 aliphatic rings. The van der Waals surface area contributed by atoms with Gasteiger partial charge in [0.15, 0.2) is 5.11 Å². The first-order valence-electron chi connectivity index (χ1n) is 9.80. The lowest BCUT2D eigenvalue weighted by molar-refractivity contribution is 0.0896. The SMILES string of the molecule is COc1ccc2cc(CN(CC3CCCO3)C(=S)NCC(C)C)c(=O)[nH]c2c1. The first kappa shape index (κ1) is 20.6. The number of methoxy groups -OCH3 is 1. The van der Waals surface area contributed by atoms with Crippen molar-refractivity contribution in [3.05, 3.63) is 40.2 Å². The highest BCUT2D eigenvalue weighted by Crippen LogP contribution is 2.20. The first-order chi connectivity index (χ1) is 13.5. The van der Waals surface area contributed by atoms with Crippen LogP contribution in [0.15, 0.2) is 29.1 Å². The molecule has 28 heavy (non-hydrogen) atoms. The molecule has 0 bridgehead atoms. The Morgan fingerprint density at radius 2 is 2.25 bits per heavy atom. The predicted octanol–water partition coefficient (Wildman–Crippen LogP) is 3.05. The topological polar surface area (TPSA) is 66.6 Å². The molecule has 1 aromatic heterocycles. The Bertz CT molecular complexity index is 875. The highest BCUT2D eigenvalue weighted by molar-refractivity contribution is 7.80. The van der Waals surface area contributed by atoms with E-state index in [2.05, 4.69) is 24.1 Å². The maximum Gasteiger partial charge on any atom is 0.253 e. The van der Waals surface area contributed by atoms with Crippen LogP contribution in [-0.4, -0.2) is 47.9 Å². The van der Waals surface area contributed by atoms with Crippen LogP contribution < -0.4 is 15.6 Å². The summed E-state index contributed by atoms with van der Waals surface area (Å²) >= 11 is 5.63. The number of aromatic amines is 1. The predicted molar refractivity (Wildman–Crippen MR) is 116 cm³/mol. The van der Waals surface area contributed by atoms with Gasteiger partial charge in [-0.1, -0.05) is 13.8 Å². The Balaban J connectivity index is 1.82. The summed E-state index contributed by atoms with van der Waals surface area (Å²) in [7, 11) is 1.61. The van der Waals surface area contributed by atoms with Crippen LogP contribution in [0.3, 0.4) is 0 Å². The van der Waals surface area contributed by atoms with E-state index in [1.165, 1.54) is 0 Å². The van der Waals surface area contributed by atoms with Gasteiger partial charge < -0.3 is 24.7 Å². The summed E-state index contributed by atoms with van der Waals surface area (Å²) in [6.07, 6.45) is 2.25. The zero-order valence-corrected chi connectivity index (χ0v) is 17.6. The van der Waals surface area contributed by atoms with E-state index >= 15 is 0 Å². The Morgan fingerprint density at radius 1 is 1.43 bits per heavy atom. The van der Waals surface area contributed by atoms with Gasteiger partial charge in [0.05, 0.1) is 25.3 Å². The van der Waals surface area contributed by atoms with Crippen molar-refractivity contribution in [3.63, 3.8) is 0 Å². The van der Waals surface area contributed by atoms with Crippen molar-refractivity contribution in [2.45, 2.75) is 39.3 Å². The lowest BCUT2D eigenvalue weighted by Gasteiger charge is -2.28. The zero-order chi connectivity index (χ0) is 20.1. The summed E-state index contributed by atoms with van der Waals surface area (Å²) in [5.41, 5.74) is 1.34. The van der Waals surface area contributed by atoms with Crippen molar-refractivity contribution in [3.8, 4) is 5.75 Å². The maximum atomic E-state index is 12.7. The zero-order valence-electron chi connectivity index (χ0n) is 16.8.